The SMILES string of the molecule is CC(CCN)CCC(=O)N(C)CC1(O)CCCC1. The number of hydrogen-bond acceptors (Lipinski definition) is 3. The molecule has 1 unspecified atom stereocenters. The van der Waals surface area contributed by atoms with Gasteiger partial charge in [0.2, 0.25) is 5.91 Å². The number of likely N-dealkylation sites (N-methyl/N-ethyl adjacent to an activating group) is 1. The molecule has 4 heteroatoms. The first-order valence-electron chi connectivity index (χ1n) is 7.13. The van der Waals surface area contributed by atoms with E-state index >= 15 is 0 Å². The summed E-state index contributed by atoms with van der Waals surface area (Å²) in [5.41, 5.74) is 4.86. The average Bonchev–Trinajstić information content (AvgIpc) is 2.73. The monoisotopic (exact) mass is 256 g/mol. The van der Waals surface area contributed by atoms with Crippen molar-refractivity contribution >= 4 is 5.91 Å². The van der Waals surface area contributed by atoms with Gasteiger partial charge in [-0.25, -0.2) is 0 Å². The van der Waals surface area contributed by atoms with Gasteiger partial charge in [-0.1, -0.05) is 19.8 Å². The van der Waals surface area contributed by atoms with Crippen LogP contribution in [0.5, 0.6) is 0 Å². The summed E-state index contributed by atoms with van der Waals surface area (Å²) < 4.78 is 0. The minimum absolute atomic E-state index is 0.138. The smallest absolute Gasteiger partial charge is 0.222 e. The molecule has 1 aliphatic carbocycles. The summed E-state index contributed by atoms with van der Waals surface area (Å²) in [5, 5.41) is 10.3. The van der Waals surface area contributed by atoms with Crippen LogP contribution in [0.4, 0.5) is 0 Å². The summed E-state index contributed by atoms with van der Waals surface area (Å²) in [7, 11) is 1.80. The van der Waals surface area contributed by atoms with Gasteiger partial charge in [0, 0.05) is 20.0 Å². The van der Waals surface area contributed by atoms with Crippen molar-refractivity contribution in [2.45, 2.75) is 57.5 Å². The van der Waals surface area contributed by atoms with Crippen molar-refractivity contribution in [3.63, 3.8) is 0 Å². The number of hydrogen-bond donors (Lipinski definition) is 2. The van der Waals surface area contributed by atoms with Crippen LogP contribution in [0.25, 0.3) is 0 Å². The number of nitrogens with zero attached hydrogens (tertiary/aromatic N) is 1. The molecule has 106 valence electrons. The molecule has 1 rings (SSSR count). The number of carbonyl (C=O) groups excluding carboxylic acids is 1. The molecule has 0 bridgehead atoms. The van der Waals surface area contributed by atoms with Crippen molar-refractivity contribution in [3.8, 4) is 0 Å². The van der Waals surface area contributed by atoms with Gasteiger partial charge in [0.25, 0.3) is 0 Å². The van der Waals surface area contributed by atoms with Gasteiger partial charge in [0.15, 0.2) is 0 Å². The Morgan fingerprint density at radius 3 is 2.56 bits per heavy atom. The lowest BCUT2D eigenvalue weighted by atomic mass is 10.00. The molecule has 1 amide bonds. The van der Waals surface area contributed by atoms with E-state index in [9.17, 15) is 9.90 Å². The van der Waals surface area contributed by atoms with E-state index in [1.165, 1.54) is 0 Å². The van der Waals surface area contributed by atoms with Crippen LogP contribution in [0.15, 0.2) is 0 Å². The predicted molar refractivity (Wildman–Crippen MR) is 73.1 cm³/mol. The molecule has 1 saturated carbocycles. The van der Waals surface area contributed by atoms with E-state index in [0.29, 0.717) is 25.4 Å². The molecular formula is C14H28N2O2. The third kappa shape index (κ3) is 4.94. The van der Waals surface area contributed by atoms with Crippen LogP contribution < -0.4 is 5.73 Å². The lowest BCUT2D eigenvalue weighted by Gasteiger charge is -2.29. The van der Waals surface area contributed by atoms with Gasteiger partial charge in [-0.15, -0.1) is 0 Å². The van der Waals surface area contributed by atoms with Crippen LogP contribution in [0.3, 0.4) is 0 Å². The zero-order valence-corrected chi connectivity index (χ0v) is 11.8. The van der Waals surface area contributed by atoms with Gasteiger partial charge in [-0.3, -0.25) is 4.79 Å². The van der Waals surface area contributed by atoms with E-state index < -0.39 is 5.60 Å². The second-order valence-corrected chi connectivity index (χ2v) is 5.90. The lowest BCUT2D eigenvalue weighted by Crippen LogP contribution is -2.42. The second kappa shape index (κ2) is 7.10. The Labute approximate surface area is 111 Å². The minimum Gasteiger partial charge on any atom is -0.388 e. The Morgan fingerprint density at radius 2 is 2.00 bits per heavy atom. The molecule has 0 radical (unpaired) electrons. The third-order valence-corrected chi connectivity index (χ3v) is 4.00. The maximum absolute atomic E-state index is 12.0. The zero-order valence-electron chi connectivity index (χ0n) is 11.8. The Hall–Kier alpha value is -0.610. The van der Waals surface area contributed by atoms with Crippen molar-refractivity contribution in [2.24, 2.45) is 11.7 Å². The van der Waals surface area contributed by atoms with E-state index in [0.717, 1.165) is 38.5 Å². The summed E-state index contributed by atoms with van der Waals surface area (Å²) in [6, 6.07) is 0. The van der Waals surface area contributed by atoms with Crippen LogP contribution in [0.2, 0.25) is 0 Å². The summed E-state index contributed by atoms with van der Waals surface area (Å²) >= 11 is 0. The summed E-state index contributed by atoms with van der Waals surface area (Å²) in [6.07, 6.45) is 6.23. The largest absolute Gasteiger partial charge is 0.388 e. The molecule has 3 N–H and O–H groups in total. The van der Waals surface area contributed by atoms with Gasteiger partial charge in [-0.05, 0) is 38.1 Å². The first kappa shape index (κ1) is 15.4. The maximum Gasteiger partial charge on any atom is 0.222 e. The van der Waals surface area contributed by atoms with Crippen LogP contribution in [0.1, 0.15) is 51.9 Å². The van der Waals surface area contributed by atoms with Crippen LogP contribution >= 0.6 is 0 Å². The fourth-order valence-electron chi connectivity index (χ4n) is 2.71. The van der Waals surface area contributed by atoms with Crippen molar-refractivity contribution in [3.05, 3.63) is 0 Å². The molecule has 0 saturated heterocycles. The molecule has 0 aliphatic heterocycles. The Kier molecular flexibility index (Phi) is 6.09. The van der Waals surface area contributed by atoms with Crippen LogP contribution in [-0.2, 0) is 4.79 Å². The quantitative estimate of drug-likeness (QED) is 0.725. The van der Waals surface area contributed by atoms with Crippen molar-refractivity contribution in [2.75, 3.05) is 20.1 Å². The highest BCUT2D eigenvalue weighted by Crippen LogP contribution is 2.30. The van der Waals surface area contributed by atoms with Gasteiger partial charge in [0.05, 0.1) is 5.60 Å². The van der Waals surface area contributed by atoms with Gasteiger partial charge in [0.1, 0.15) is 0 Å². The molecule has 1 fully saturated rings. The average molecular weight is 256 g/mol. The number of aliphatic hydroxyl groups is 1. The highest BCUT2D eigenvalue weighted by Gasteiger charge is 2.33. The van der Waals surface area contributed by atoms with Crippen molar-refractivity contribution in [1.29, 1.82) is 0 Å². The van der Waals surface area contributed by atoms with Crippen LogP contribution in [0, 0.1) is 5.92 Å². The Morgan fingerprint density at radius 1 is 1.39 bits per heavy atom. The van der Waals surface area contributed by atoms with E-state index in [-0.39, 0.29) is 5.91 Å². The molecule has 1 aliphatic rings. The fourth-order valence-corrected chi connectivity index (χ4v) is 2.71. The molecule has 0 spiro atoms. The number of rotatable bonds is 7. The second-order valence-electron chi connectivity index (χ2n) is 5.90. The maximum atomic E-state index is 12.0. The molecular weight excluding hydrogens is 228 g/mol. The van der Waals surface area contributed by atoms with E-state index in [1.54, 1.807) is 11.9 Å². The Balaban J connectivity index is 2.28. The molecule has 18 heavy (non-hydrogen) atoms. The first-order valence-corrected chi connectivity index (χ1v) is 7.13. The van der Waals surface area contributed by atoms with E-state index in [1.807, 2.05) is 0 Å². The van der Waals surface area contributed by atoms with Crippen molar-refractivity contribution < 1.29 is 9.90 Å². The predicted octanol–water partition coefficient (Wildman–Crippen LogP) is 1.51. The third-order valence-electron chi connectivity index (χ3n) is 4.00. The molecule has 0 aromatic rings. The standard InChI is InChI=1S/C14H28N2O2/c1-12(7-10-15)5-6-13(17)16(2)11-14(18)8-3-4-9-14/h12,18H,3-11,15H2,1-2H3. The van der Waals surface area contributed by atoms with E-state index in [4.69, 9.17) is 5.73 Å². The lowest BCUT2D eigenvalue weighted by molar-refractivity contribution is -0.133. The number of nitrogens with two attached hydrogens (primary N) is 1. The zero-order chi connectivity index (χ0) is 13.6. The minimum atomic E-state index is -0.632. The summed E-state index contributed by atoms with van der Waals surface area (Å²) in [5.74, 6) is 0.640. The van der Waals surface area contributed by atoms with Gasteiger partial charge >= 0.3 is 0 Å². The molecule has 1 atom stereocenters. The van der Waals surface area contributed by atoms with Crippen LogP contribution in [-0.4, -0.2) is 41.7 Å². The number of amides is 1. The first-order chi connectivity index (χ1) is 8.47. The van der Waals surface area contributed by atoms with Gasteiger partial charge in [-0.2, -0.15) is 0 Å². The normalized spacial score (nSPS) is 19.8. The van der Waals surface area contributed by atoms with Gasteiger partial charge < -0.3 is 15.7 Å². The Bertz CT molecular complexity index is 263. The highest BCUT2D eigenvalue weighted by atomic mass is 16.3. The van der Waals surface area contributed by atoms with Crippen molar-refractivity contribution in [1.82, 2.24) is 4.90 Å². The fraction of sp³-hybridized carbons (Fsp3) is 0.929. The number of carbonyl (C=O) groups is 1. The summed E-state index contributed by atoms with van der Waals surface area (Å²) in [4.78, 5) is 13.7. The highest BCUT2D eigenvalue weighted by molar-refractivity contribution is 5.75. The molecule has 4 nitrogen and oxygen atoms in total. The summed E-state index contributed by atoms with van der Waals surface area (Å²) in [6.45, 7) is 3.30. The molecule has 0 aromatic carbocycles. The van der Waals surface area contributed by atoms with E-state index in [2.05, 4.69) is 6.92 Å². The molecule has 0 heterocycles. The topological polar surface area (TPSA) is 66.6 Å². The molecule has 0 aromatic heterocycles.